The number of rotatable bonds is 3. The Bertz CT molecular complexity index is 463. The molecule has 1 N–H and O–H groups in total. The molecule has 20 heavy (non-hydrogen) atoms. The van der Waals surface area contributed by atoms with E-state index >= 15 is 0 Å². The van der Waals surface area contributed by atoms with Crippen LogP contribution in [-0.2, 0) is 11.3 Å². The second kappa shape index (κ2) is 6.08. The molecule has 0 aliphatic carbocycles. The Morgan fingerprint density at radius 1 is 1.25 bits per heavy atom. The first kappa shape index (κ1) is 13.8. The maximum atomic E-state index is 14.1. The SMILES string of the molecule is OCc1ccc(N2CCC(N3CCOCC3)C2)c(F)c1. The summed E-state index contributed by atoms with van der Waals surface area (Å²) < 4.78 is 19.4. The molecule has 1 unspecified atom stereocenters. The van der Waals surface area contributed by atoms with E-state index in [0.717, 1.165) is 45.8 Å². The number of nitrogens with zero attached hydrogens (tertiary/aromatic N) is 2. The van der Waals surface area contributed by atoms with Gasteiger partial charge in [0, 0.05) is 32.2 Å². The Labute approximate surface area is 118 Å². The van der Waals surface area contributed by atoms with E-state index in [1.54, 1.807) is 12.1 Å². The minimum absolute atomic E-state index is 0.117. The summed E-state index contributed by atoms with van der Waals surface area (Å²) in [6.45, 7) is 5.20. The number of aliphatic hydroxyl groups is 1. The van der Waals surface area contributed by atoms with Crippen LogP contribution in [0.15, 0.2) is 18.2 Å². The number of ether oxygens (including phenoxy) is 1. The van der Waals surface area contributed by atoms with Crippen molar-refractivity contribution < 1.29 is 14.2 Å². The lowest BCUT2D eigenvalue weighted by molar-refractivity contribution is 0.0209. The number of morpholine rings is 1. The highest BCUT2D eigenvalue weighted by atomic mass is 19.1. The van der Waals surface area contributed by atoms with Gasteiger partial charge >= 0.3 is 0 Å². The molecule has 0 bridgehead atoms. The molecule has 0 saturated carbocycles. The molecule has 4 nitrogen and oxygen atoms in total. The van der Waals surface area contributed by atoms with E-state index in [1.165, 1.54) is 6.07 Å². The van der Waals surface area contributed by atoms with Crippen molar-refractivity contribution in [2.75, 3.05) is 44.3 Å². The molecule has 1 aromatic rings. The molecule has 1 atom stereocenters. The smallest absolute Gasteiger partial charge is 0.146 e. The zero-order chi connectivity index (χ0) is 13.9. The molecule has 0 radical (unpaired) electrons. The van der Waals surface area contributed by atoms with Crippen LogP contribution in [0.5, 0.6) is 0 Å². The maximum absolute atomic E-state index is 14.1. The molecule has 2 heterocycles. The van der Waals surface area contributed by atoms with Crippen LogP contribution >= 0.6 is 0 Å². The quantitative estimate of drug-likeness (QED) is 0.903. The predicted octanol–water partition coefficient (Wildman–Crippen LogP) is 1.23. The van der Waals surface area contributed by atoms with Gasteiger partial charge in [0.25, 0.3) is 0 Å². The van der Waals surface area contributed by atoms with Gasteiger partial charge in [0.2, 0.25) is 0 Å². The van der Waals surface area contributed by atoms with Crippen LogP contribution < -0.4 is 4.90 Å². The molecule has 0 aromatic heterocycles. The van der Waals surface area contributed by atoms with E-state index in [0.29, 0.717) is 17.3 Å². The van der Waals surface area contributed by atoms with E-state index < -0.39 is 0 Å². The molecule has 2 fully saturated rings. The molecule has 5 heteroatoms. The third-order valence-electron chi connectivity index (χ3n) is 4.26. The van der Waals surface area contributed by atoms with Gasteiger partial charge in [0.05, 0.1) is 25.5 Å². The zero-order valence-electron chi connectivity index (χ0n) is 11.6. The van der Waals surface area contributed by atoms with Crippen molar-refractivity contribution in [2.45, 2.75) is 19.1 Å². The first-order chi connectivity index (χ1) is 9.78. The standard InChI is InChI=1S/C15H21FN2O2/c16-14-9-12(11-19)1-2-15(14)18-4-3-13(10-18)17-5-7-20-8-6-17/h1-2,9,13,19H,3-8,10-11H2. The highest BCUT2D eigenvalue weighted by Gasteiger charge is 2.29. The number of hydrogen-bond donors (Lipinski definition) is 1. The average Bonchev–Trinajstić information content (AvgIpc) is 2.97. The van der Waals surface area contributed by atoms with Gasteiger partial charge in [-0.15, -0.1) is 0 Å². The summed E-state index contributed by atoms with van der Waals surface area (Å²) in [6.07, 6.45) is 1.07. The molecule has 110 valence electrons. The molecule has 3 rings (SSSR count). The van der Waals surface area contributed by atoms with E-state index in [-0.39, 0.29) is 12.4 Å². The zero-order valence-corrected chi connectivity index (χ0v) is 11.6. The topological polar surface area (TPSA) is 35.9 Å². The minimum Gasteiger partial charge on any atom is -0.392 e. The summed E-state index contributed by atoms with van der Waals surface area (Å²) in [5.41, 5.74) is 1.27. The van der Waals surface area contributed by atoms with Crippen LogP contribution in [0.4, 0.5) is 10.1 Å². The molecular formula is C15H21FN2O2. The number of benzene rings is 1. The van der Waals surface area contributed by atoms with Crippen molar-refractivity contribution in [3.63, 3.8) is 0 Å². The van der Waals surface area contributed by atoms with Crippen LogP contribution in [0.3, 0.4) is 0 Å². The Kier molecular flexibility index (Phi) is 4.19. The van der Waals surface area contributed by atoms with Crippen LogP contribution in [0.2, 0.25) is 0 Å². The molecule has 0 spiro atoms. The second-order valence-corrected chi connectivity index (χ2v) is 5.48. The van der Waals surface area contributed by atoms with Crippen molar-refractivity contribution in [3.05, 3.63) is 29.6 Å². The Morgan fingerprint density at radius 3 is 2.75 bits per heavy atom. The summed E-state index contributed by atoms with van der Waals surface area (Å²) in [7, 11) is 0. The van der Waals surface area contributed by atoms with Crippen molar-refractivity contribution in [1.29, 1.82) is 0 Å². The number of halogens is 1. The Balaban J connectivity index is 1.67. The average molecular weight is 280 g/mol. The van der Waals surface area contributed by atoms with Gasteiger partial charge in [-0.1, -0.05) is 6.07 Å². The largest absolute Gasteiger partial charge is 0.392 e. The van der Waals surface area contributed by atoms with Gasteiger partial charge in [-0.05, 0) is 24.1 Å². The minimum atomic E-state index is -0.237. The first-order valence-electron chi connectivity index (χ1n) is 7.24. The second-order valence-electron chi connectivity index (χ2n) is 5.48. The summed E-state index contributed by atoms with van der Waals surface area (Å²) >= 11 is 0. The first-order valence-corrected chi connectivity index (χ1v) is 7.24. The van der Waals surface area contributed by atoms with Gasteiger partial charge in [0.15, 0.2) is 0 Å². The molecular weight excluding hydrogens is 259 g/mol. The fraction of sp³-hybridized carbons (Fsp3) is 0.600. The monoisotopic (exact) mass is 280 g/mol. The molecule has 2 saturated heterocycles. The maximum Gasteiger partial charge on any atom is 0.146 e. The van der Waals surface area contributed by atoms with Crippen LogP contribution in [0, 0.1) is 5.82 Å². The fourth-order valence-corrected chi connectivity index (χ4v) is 3.11. The molecule has 0 amide bonds. The fourth-order valence-electron chi connectivity index (χ4n) is 3.11. The summed E-state index contributed by atoms with van der Waals surface area (Å²) in [5.74, 6) is -0.237. The van der Waals surface area contributed by atoms with Gasteiger partial charge in [-0.2, -0.15) is 0 Å². The van der Waals surface area contributed by atoms with Crippen molar-refractivity contribution >= 4 is 5.69 Å². The van der Waals surface area contributed by atoms with Crippen molar-refractivity contribution in [1.82, 2.24) is 4.90 Å². The van der Waals surface area contributed by atoms with Gasteiger partial charge in [0.1, 0.15) is 5.82 Å². The molecule has 2 aliphatic rings. The number of aliphatic hydroxyl groups excluding tert-OH is 1. The molecule has 2 aliphatic heterocycles. The summed E-state index contributed by atoms with van der Waals surface area (Å²) in [5, 5.41) is 9.03. The lowest BCUT2D eigenvalue weighted by Crippen LogP contribution is -2.44. The number of hydrogen-bond acceptors (Lipinski definition) is 4. The van der Waals surface area contributed by atoms with E-state index in [2.05, 4.69) is 9.80 Å². The summed E-state index contributed by atoms with van der Waals surface area (Å²) in [4.78, 5) is 4.56. The highest BCUT2D eigenvalue weighted by molar-refractivity contribution is 5.50. The normalized spacial score (nSPS) is 24.3. The third-order valence-corrected chi connectivity index (χ3v) is 4.26. The van der Waals surface area contributed by atoms with E-state index in [1.807, 2.05) is 0 Å². The van der Waals surface area contributed by atoms with Crippen LogP contribution in [0.25, 0.3) is 0 Å². The van der Waals surface area contributed by atoms with Gasteiger partial charge in [-0.3, -0.25) is 4.90 Å². The van der Waals surface area contributed by atoms with E-state index in [4.69, 9.17) is 9.84 Å². The third kappa shape index (κ3) is 2.80. The van der Waals surface area contributed by atoms with E-state index in [9.17, 15) is 4.39 Å². The van der Waals surface area contributed by atoms with Crippen LogP contribution in [0.1, 0.15) is 12.0 Å². The van der Waals surface area contributed by atoms with Crippen molar-refractivity contribution in [2.24, 2.45) is 0 Å². The lowest BCUT2D eigenvalue weighted by atomic mass is 10.2. The lowest BCUT2D eigenvalue weighted by Gasteiger charge is -2.32. The van der Waals surface area contributed by atoms with Gasteiger partial charge in [-0.25, -0.2) is 4.39 Å². The predicted molar refractivity (Wildman–Crippen MR) is 75.3 cm³/mol. The van der Waals surface area contributed by atoms with Crippen molar-refractivity contribution in [3.8, 4) is 0 Å². The number of anilines is 1. The van der Waals surface area contributed by atoms with Crippen LogP contribution in [-0.4, -0.2) is 55.4 Å². The van der Waals surface area contributed by atoms with Gasteiger partial charge < -0.3 is 14.7 Å². The summed E-state index contributed by atoms with van der Waals surface area (Å²) in [6, 6.07) is 5.50. The Morgan fingerprint density at radius 2 is 2.05 bits per heavy atom. The molecule has 1 aromatic carbocycles. The highest BCUT2D eigenvalue weighted by Crippen LogP contribution is 2.26. The Hall–Kier alpha value is -1.17.